The van der Waals surface area contributed by atoms with E-state index in [4.69, 9.17) is 4.74 Å². The minimum Gasteiger partial charge on any atom is -0.481 e. The first kappa shape index (κ1) is 15.0. The van der Waals surface area contributed by atoms with Crippen LogP contribution in [-0.2, 0) is 20.7 Å². The second kappa shape index (κ2) is 7.43. The van der Waals surface area contributed by atoms with Gasteiger partial charge in [-0.3, -0.25) is 9.59 Å². The predicted molar refractivity (Wildman–Crippen MR) is 76.7 cm³/mol. The van der Waals surface area contributed by atoms with Gasteiger partial charge in [-0.2, -0.15) is 0 Å². The Bertz CT molecular complexity index is 435. The van der Waals surface area contributed by atoms with Crippen LogP contribution in [0, 0.1) is 11.8 Å². The zero-order valence-corrected chi connectivity index (χ0v) is 12.2. The molecule has 0 radical (unpaired) electrons. The SMILES string of the molecule is O=C(O)C(Cc1cccs1)C(=O)OCC1CCCCC1. The molecule has 0 aromatic carbocycles. The van der Waals surface area contributed by atoms with Crippen LogP contribution >= 0.6 is 11.3 Å². The summed E-state index contributed by atoms with van der Waals surface area (Å²) >= 11 is 1.46. The fraction of sp³-hybridized carbons (Fsp3) is 0.600. The number of rotatable bonds is 6. The summed E-state index contributed by atoms with van der Waals surface area (Å²) in [6, 6.07) is 3.70. The quantitative estimate of drug-likeness (QED) is 0.647. The molecule has 1 aliphatic carbocycles. The maximum atomic E-state index is 12.0. The minimum absolute atomic E-state index is 0.219. The van der Waals surface area contributed by atoms with Crippen molar-refractivity contribution in [3.05, 3.63) is 22.4 Å². The molecule has 20 heavy (non-hydrogen) atoms. The average molecular weight is 296 g/mol. The van der Waals surface area contributed by atoms with E-state index in [-0.39, 0.29) is 6.42 Å². The third kappa shape index (κ3) is 4.34. The monoisotopic (exact) mass is 296 g/mol. The average Bonchev–Trinajstić information content (AvgIpc) is 2.96. The Kier molecular flexibility index (Phi) is 5.59. The lowest BCUT2D eigenvalue weighted by Gasteiger charge is -2.21. The van der Waals surface area contributed by atoms with Crippen molar-refractivity contribution in [2.75, 3.05) is 6.61 Å². The van der Waals surface area contributed by atoms with Crippen LogP contribution in [-0.4, -0.2) is 23.7 Å². The van der Waals surface area contributed by atoms with Crippen molar-refractivity contribution in [1.82, 2.24) is 0 Å². The van der Waals surface area contributed by atoms with Crippen molar-refractivity contribution in [3.8, 4) is 0 Å². The smallest absolute Gasteiger partial charge is 0.320 e. The molecule has 0 bridgehead atoms. The topological polar surface area (TPSA) is 63.6 Å². The normalized spacial score (nSPS) is 17.6. The number of carbonyl (C=O) groups is 2. The molecule has 1 unspecified atom stereocenters. The van der Waals surface area contributed by atoms with Crippen molar-refractivity contribution in [3.63, 3.8) is 0 Å². The Morgan fingerprint density at radius 3 is 2.70 bits per heavy atom. The summed E-state index contributed by atoms with van der Waals surface area (Å²) in [4.78, 5) is 24.1. The molecule has 1 aromatic heterocycles. The molecule has 1 aromatic rings. The Morgan fingerprint density at radius 1 is 1.35 bits per heavy atom. The molecule has 0 aliphatic heterocycles. The molecular weight excluding hydrogens is 276 g/mol. The summed E-state index contributed by atoms with van der Waals surface area (Å²) < 4.78 is 5.24. The van der Waals surface area contributed by atoms with E-state index >= 15 is 0 Å². The van der Waals surface area contributed by atoms with Gasteiger partial charge in [-0.25, -0.2) is 0 Å². The summed E-state index contributed by atoms with van der Waals surface area (Å²) in [6.45, 7) is 0.368. The number of aliphatic carboxylic acids is 1. The molecule has 0 spiro atoms. The molecular formula is C15H20O4S. The van der Waals surface area contributed by atoms with Gasteiger partial charge in [0.1, 0.15) is 0 Å². The van der Waals surface area contributed by atoms with E-state index in [2.05, 4.69) is 0 Å². The Labute approximate surface area is 122 Å². The summed E-state index contributed by atoms with van der Waals surface area (Å²) in [5.41, 5.74) is 0. The van der Waals surface area contributed by atoms with Crippen molar-refractivity contribution in [2.24, 2.45) is 11.8 Å². The van der Waals surface area contributed by atoms with Crippen LogP contribution in [0.2, 0.25) is 0 Å². The summed E-state index contributed by atoms with van der Waals surface area (Å²) in [5, 5.41) is 11.1. The molecule has 4 nitrogen and oxygen atoms in total. The Hall–Kier alpha value is -1.36. The van der Waals surface area contributed by atoms with Gasteiger partial charge in [-0.05, 0) is 30.2 Å². The van der Waals surface area contributed by atoms with Gasteiger partial charge in [0.25, 0.3) is 0 Å². The molecule has 0 saturated heterocycles. The van der Waals surface area contributed by atoms with Crippen LogP contribution in [0.15, 0.2) is 17.5 Å². The number of hydrogen-bond acceptors (Lipinski definition) is 4. The van der Waals surface area contributed by atoms with E-state index in [1.165, 1.54) is 30.6 Å². The van der Waals surface area contributed by atoms with Crippen LogP contribution < -0.4 is 0 Å². The predicted octanol–water partition coefficient (Wildman–Crippen LogP) is 3.11. The highest BCUT2D eigenvalue weighted by Crippen LogP contribution is 2.24. The first-order chi connectivity index (χ1) is 9.66. The minimum atomic E-state index is -1.10. The Morgan fingerprint density at radius 2 is 2.10 bits per heavy atom. The van der Waals surface area contributed by atoms with Gasteiger partial charge in [0.05, 0.1) is 6.61 Å². The number of hydrogen-bond donors (Lipinski definition) is 1. The van der Waals surface area contributed by atoms with Gasteiger partial charge in [-0.15, -0.1) is 11.3 Å². The first-order valence-electron chi connectivity index (χ1n) is 7.08. The van der Waals surface area contributed by atoms with Crippen LogP contribution in [0.5, 0.6) is 0 Å². The van der Waals surface area contributed by atoms with Gasteiger partial charge in [0.15, 0.2) is 5.92 Å². The lowest BCUT2D eigenvalue weighted by molar-refractivity contribution is -0.159. The molecule has 0 amide bonds. The maximum absolute atomic E-state index is 12.0. The van der Waals surface area contributed by atoms with E-state index < -0.39 is 17.9 Å². The highest BCUT2D eigenvalue weighted by molar-refractivity contribution is 7.09. The molecule has 5 heteroatoms. The van der Waals surface area contributed by atoms with Crippen molar-refractivity contribution >= 4 is 23.3 Å². The van der Waals surface area contributed by atoms with E-state index in [1.54, 1.807) is 0 Å². The molecule has 2 rings (SSSR count). The molecule has 1 aliphatic rings. The largest absolute Gasteiger partial charge is 0.481 e. The van der Waals surface area contributed by atoms with E-state index in [1.807, 2.05) is 17.5 Å². The number of carboxylic acid groups (broad SMARTS) is 1. The van der Waals surface area contributed by atoms with E-state index in [0.29, 0.717) is 12.5 Å². The number of carbonyl (C=O) groups excluding carboxylic acids is 1. The van der Waals surface area contributed by atoms with Gasteiger partial charge < -0.3 is 9.84 Å². The van der Waals surface area contributed by atoms with Crippen LogP contribution in [0.3, 0.4) is 0 Å². The molecule has 1 atom stereocenters. The lowest BCUT2D eigenvalue weighted by Crippen LogP contribution is -2.29. The highest BCUT2D eigenvalue weighted by atomic mass is 32.1. The van der Waals surface area contributed by atoms with E-state index in [0.717, 1.165) is 17.7 Å². The standard InChI is InChI=1S/C15H20O4S/c16-14(17)13(9-12-7-4-8-20-12)15(18)19-10-11-5-2-1-3-6-11/h4,7-8,11,13H,1-3,5-6,9-10H2,(H,16,17). The second-order valence-electron chi connectivity index (χ2n) is 5.31. The summed E-state index contributed by atoms with van der Waals surface area (Å²) in [7, 11) is 0. The van der Waals surface area contributed by atoms with Crippen LogP contribution in [0.4, 0.5) is 0 Å². The Balaban J connectivity index is 1.84. The number of esters is 1. The first-order valence-corrected chi connectivity index (χ1v) is 7.96. The van der Waals surface area contributed by atoms with Crippen molar-refractivity contribution in [2.45, 2.75) is 38.5 Å². The zero-order chi connectivity index (χ0) is 14.4. The summed E-state index contributed by atoms with van der Waals surface area (Å²) in [6.07, 6.45) is 5.99. The van der Waals surface area contributed by atoms with E-state index in [9.17, 15) is 14.7 Å². The van der Waals surface area contributed by atoms with Crippen LogP contribution in [0.25, 0.3) is 0 Å². The molecule has 1 saturated carbocycles. The molecule has 1 fully saturated rings. The fourth-order valence-electron chi connectivity index (χ4n) is 2.56. The van der Waals surface area contributed by atoms with Gasteiger partial charge in [-0.1, -0.05) is 25.3 Å². The lowest BCUT2D eigenvalue weighted by atomic mass is 9.90. The third-order valence-corrected chi connectivity index (χ3v) is 4.65. The summed E-state index contributed by atoms with van der Waals surface area (Å²) in [5.74, 6) is -2.38. The number of carboxylic acids is 1. The van der Waals surface area contributed by atoms with Gasteiger partial charge >= 0.3 is 11.9 Å². The molecule has 1 N–H and O–H groups in total. The van der Waals surface area contributed by atoms with Crippen LogP contribution in [0.1, 0.15) is 37.0 Å². The van der Waals surface area contributed by atoms with Crippen molar-refractivity contribution < 1.29 is 19.4 Å². The maximum Gasteiger partial charge on any atom is 0.320 e. The fourth-order valence-corrected chi connectivity index (χ4v) is 3.31. The molecule has 110 valence electrons. The van der Waals surface area contributed by atoms with Crippen molar-refractivity contribution in [1.29, 1.82) is 0 Å². The highest BCUT2D eigenvalue weighted by Gasteiger charge is 2.29. The van der Waals surface area contributed by atoms with Gasteiger partial charge in [0, 0.05) is 11.3 Å². The number of thiophene rings is 1. The number of ether oxygens (including phenoxy) is 1. The molecule has 1 heterocycles. The second-order valence-corrected chi connectivity index (χ2v) is 6.34. The third-order valence-electron chi connectivity index (χ3n) is 3.75. The zero-order valence-electron chi connectivity index (χ0n) is 11.4. The van der Waals surface area contributed by atoms with Gasteiger partial charge in [0.2, 0.25) is 0 Å².